The molecule has 8 heteroatoms. The van der Waals surface area contributed by atoms with E-state index in [2.05, 4.69) is 10.6 Å². The van der Waals surface area contributed by atoms with Crippen molar-refractivity contribution in [1.29, 1.82) is 0 Å². The number of urea groups is 1. The maximum atomic E-state index is 11.5. The van der Waals surface area contributed by atoms with Gasteiger partial charge in [-0.15, -0.1) is 0 Å². The van der Waals surface area contributed by atoms with Gasteiger partial charge in [0.2, 0.25) is 5.91 Å². The summed E-state index contributed by atoms with van der Waals surface area (Å²) in [4.78, 5) is 32.9. The molecule has 1 aromatic rings. The first-order valence-corrected chi connectivity index (χ1v) is 5.68. The standard InChI is InChI=1S/C12H15N3O5/c1-20-9-6-7(2-3-8(9)11(17)18)15-12(19)14-5-4-10(13)16/h2-3,6H,4-5H2,1H3,(H2,13,16)(H,17,18)(H2,14,15,19). The topological polar surface area (TPSA) is 131 Å². The molecule has 0 radical (unpaired) electrons. The monoisotopic (exact) mass is 281 g/mol. The molecule has 0 aromatic heterocycles. The van der Waals surface area contributed by atoms with E-state index >= 15 is 0 Å². The summed E-state index contributed by atoms with van der Waals surface area (Å²) in [6.07, 6.45) is 0.0364. The Hall–Kier alpha value is -2.77. The van der Waals surface area contributed by atoms with Gasteiger partial charge < -0.3 is 26.2 Å². The Kier molecular flexibility index (Phi) is 5.33. The van der Waals surface area contributed by atoms with Crippen molar-refractivity contribution in [3.8, 4) is 5.75 Å². The van der Waals surface area contributed by atoms with E-state index < -0.39 is 17.9 Å². The summed E-state index contributed by atoms with van der Waals surface area (Å²) in [6, 6.07) is 3.60. The van der Waals surface area contributed by atoms with Crippen LogP contribution in [-0.4, -0.2) is 36.7 Å². The van der Waals surface area contributed by atoms with Crippen molar-refractivity contribution in [2.24, 2.45) is 5.73 Å². The molecular formula is C12H15N3O5. The van der Waals surface area contributed by atoms with E-state index in [9.17, 15) is 14.4 Å². The Bertz CT molecular complexity index is 530. The van der Waals surface area contributed by atoms with Crippen LogP contribution in [0.1, 0.15) is 16.8 Å². The van der Waals surface area contributed by atoms with Crippen LogP contribution in [0.3, 0.4) is 0 Å². The number of carbonyl (C=O) groups excluding carboxylic acids is 2. The van der Waals surface area contributed by atoms with Crippen LogP contribution in [0.2, 0.25) is 0 Å². The fourth-order valence-corrected chi connectivity index (χ4v) is 1.42. The molecule has 0 aliphatic rings. The number of amides is 3. The fourth-order valence-electron chi connectivity index (χ4n) is 1.42. The summed E-state index contributed by atoms with van der Waals surface area (Å²) < 4.78 is 4.93. The molecule has 0 atom stereocenters. The van der Waals surface area contributed by atoms with Crippen LogP contribution in [0, 0.1) is 0 Å². The molecule has 8 nitrogen and oxygen atoms in total. The van der Waals surface area contributed by atoms with Crippen molar-refractivity contribution in [3.63, 3.8) is 0 Å². The molecule has 0 fully saturated rings. The van der Waals surface area contributed by atoms with Crippen LogP contribution < -0.4 is 21.1 Å². The van der Waals surface area contributed by atoms with Crippen LogP contribution in [0.15, 0.2) is 18.2 Å². The summed E-state index contributed by atoms with van der Waals surface area (Å²) in [5.41, 5.74) is 5.29. The minimum absolute atomic E-state index is 0.00723. The molecule has 1 rings (SSSR count). The number of carboxylic acids is 1. The minimum atomic E-state index is -1.13. The van der Waals surface area contributed by atoms with Crippen molar-refractivity contribution in [2.45, 2.75) is 6.42 Å². The second kappa shape index (κ2) is 6.98. The van der Waals surface area contributed by atoms with E-state index in [1.165, 1.54) is 25.3 Å². The van der Waals surface area contributed by atoms with E-state index in [1.54, 1.807) is 0 Å². The lowest BCUT2D eigenvalue weighted by molar-refractivity contribution is -0.117. The Morgan fingerprint density at radius 2 is 2.05 bits per heavy atom. The molecule has 0 aliphatic heterocycles. The smallest absolute Gasteiger partial charge is 0.339 e. The minimum Gasteiger partial charge on any atom is -0.496 e. The lowest BCUT2D eigenvalue weighted by atomic mass is 10.2. The van der Waals surface area contributed by atoms with E-state index in [-0.39, 0.29) is 24.3 Å². The summed E-state index contributed by atoms with van der Waals surface area (Å²) in [5, 5.41) is 13.8. The number of primary amides is 1. The van der Waals surface area contributed by atoms with Gasteiger partial charge in [0, 0.05) is 24.7 Å². The molecule has 0 saturated heterocycles. The van der Waals surface area contributed by atoms with E-state index in [0.717, 1.165) is 0 Å². The highest BCUT2D eigenvalue weighted by Crippen LogP contribution is 2.23. The molecule has 0 bridgehead atoms. The number of hydrogen-bond acceptors (Lipinski definition) is 4. The average Bonchev–Trinajstić information content (AvgIpc) is 2.37. The SMILES string of the molecule is COc1cc(NC(=O)NCCC(N)=O)ccc1C(=O)O. The third-order valence-electron chi connectivity index (χ3n) is 2.35. The fraction of sp³-hybridized carbons (Fsp3) is 0.250. The molecule has 3 amide bonds. The van der Waals surface area contributed by atoms with E-state index in [4.69, 9.17) is 15.6 Å². The van der Waals surface area contributed by atoms with Gasteiger partial charge in [-0.25, -0.2) is 9.59 Å². The number of benzene rings is 1. The molecule has 0 aliphatic carbocycles. The number of rotatable bonds is 6. The van der Waals surface area contributed by atoms with Gasteiger partial charge in [-0.2, -0.15) is 0 Å². The quantitative estimate of drug-likeness (QED) is 0.599. The first kappa shape index (κ1) is 15.3. The molecule has 5 N–H and O–H groups in total. The van der Waals surface area contributed by atoms with Crippen molar-refractivity contribution in [1.82, 2.24) is 5.32 Å². The number of carboxylic acid groups (broad SMARTS) is 1. The number of nitrogens with one attached hydrogen (secondary N) is 2. The van der Waals surface area contributed by atoms with Gasteiger partial charge in [-0.05, 0) is 12.1 Å². The average molecular weight is 281 g/mol. The number of aromatic carboxylic acids is 1. The summed E-state index contributed by atoms with van der Waals surface area (Å²) in [6.45, 7) is 0.117. The van der Waals surface area contributed by atoms with Crippen LogP contribution in [0.5, 0.6) is 5.75 Å². The Morgan fingerprint density at radius 3 is 2.60 bits per heavy atom. The number of nitrogens with two attached hydrogens (primary N) is 1. The third kappa shape index (κ3) is 4.48. The van der Waals surface area contributed by atoms with Gasteiger partial charge >= 0.3 is 12.0 Å². The predicted molar refractivity (Wildman–Crippen MR) is 70.8 cm³/mol. The number of carbonyl (C=O) groups is 3. The molecule has 20 heavy (non-hydrogen) atoms. The van der Waals surface area contributed by atoms with Gasteiger partial charge in [0.1, 0.15) is 11.3 Å². The van der Waals surface area contributed by atoms with Crippen LogP contribution in [-0.2, 0) is 4.79 Å². The highest BCUT2D eigenvalue weighted by Gasteiger charge is 2.12. The molecule has 0 heterocycles. The van der Waals surface area contributed by atoms with Crippen LogP contribution in [0.4, 0.5) is 10.5 Å². The molecule has 1 aromatic carbocycles. The van der Waals surface area contributed by atoms with Crippen molar-refractivity contribution in [2.75, 3.05) is 19.0 Å². The van der Waals surface area contributed by atoms with Gasteiger partial charge in [0.25, 0.3) is 0 Å². The maximum absolute atomic E-state index is 11.5. The molecule has 0 spiro atoms. The second-order valence-electron chi connectivity index (χ2n) is 3.82. The van der Waals surface area contributed by atoms with Gasteiger partial charge in [0.05, 0.1) is 7.11 Å². The Balaban J connectivity index is 2.66. The zero-order valence-corrected chi connectivity index (χ0v) is 10.8. The summed E-state index contributed by atoms with van der Waals surface area (Å²) >= 11 is 0. The lowest BCUT2D eigenvalue weighted by Crippen LogP contribution is -2.31. The highest BCUT2D eigenvalue weighted by molar-refractivity contribution is 5.94. The largest absolute Gasteiger partial charge is 0.496 e. The molecule has 108 valence electrons. The van der Waals surface area contributed by atoms with Crippen LogP contribution >= 0.6 is 0 Å². The van der Waals surface area contributed by atoms with E-state index in [0.29, 0.717) is 5.69 Å². The first-order chi connectivity index (χ1) is 9.43. The van der Waals surface area contributed by atoms with Crippen molar-refractivity contribution in [3.05, 3.63) is 23.8 Å². The second-order valence-corrected chi connectivity index (χ2v) is 3.82. The third-order valence-corrected chi connectivity index (χ3v) is 2.35. The predicted octanol–water partition coefficient (Wildman–Crippen LogP) is 0.390. The normalized spacial score (nSPS) is 9.65. The zero-order chi connectivity index (χ0) is 15.1. The number of ether oxygens (including phenoxy) is 1. The number of methoxy groups -OCH3 is 1. The Labute approximate surface area is 114 Å². The zero-order valence-electron chi connectivity index (χ0n) is 10.8. The van der Waals surface area contributed by atoms with Gasteiger partial charge in [0.15, 0.2) is 0 Å². The lowest BCUT2D eigenvalue weighted by Gasteiger charge is -2.10. The highest BCUT2D eigenvalue weighted by atomic mass is 16.5. The Morgan fingerprint density at radius 1 is 1.35 bits per heavy atom. The van der Waals surface area contributed by atoms with Crippen molar-refractivity contribution >= 4 is 23.6 Å². The summed E-state index contributed by atoms with van der Waals surface area (Å²) in [5.74, 6) is -1.51. The van der Waals surface area contributed by atoms with Crippen molar-refractivity contribution < 1.29 is 24.2 Å². The molecular weight excluding hydrogens is 266 g/mol. The van der Waals surface area contributed by atoms with Crippen LogP contribution in [0.25, 0.3) is 0 Å². The number of anilines is 1. The van der Waals surface area contributed by atoms with Gasteiger partial charge in [-0.3, -0.25) is 4.79 Å². The first-order valence-electron chi connectivity index (χ1n) is 5.68. The summed E-state index contributed by atoms with van der Waals surface area (Å²) in [7, 11) is 1.33. The molecule has 0 unspecified atom stereocenters. The maximum Gasteiger partial charge on any atom is 0.339 e. The number of hydrogen-bond donors (Lipinski definition) is 4. The van der Waals surface area contributed by atoms with E-state index in [1.807, 2.05) is 0 Å². The molecule has 0 saturated carbocycles. The van der Waals surface area contributed by atoms with Gasteiger partial charge in [-0.1, -0.05) is 0 Å².